The summed E-state index contributed by atoms with van der Waals surface area (Å²) in [7, 11) is 0. The van der Waals surface area contributed by atoms with Gasteiger partial charge in [-0.25, -0.2) is 0 Å². The minimum Gasteiger partial charge on any atom is -0.349 e. The van der Waals surface area contributed by atoms with Crippen LogP contribution >= 0.6 is 11.8 Å². The van der Waals surface area contributed by atoms with Gasteiger partial charge in [-0.2, -0.15) is 0 Å². The smallest absolute Gasteiger partial charge is 0.120 e. The highest BCUT2D eigenvalue weighted by Crippen LogP contribution is 2.37. The molecule has 2 aliphatic heterocycles. The predicted molar refractivity (Wildman–Crippen MR) is 61.1 cm³/mol. The molecule has 0 radical (unpaired) electrons. The van der Waals surface area contributed by atoms with Gasteiger partial charge in [0.05, 0.1) is 0 Å². The van der Waals surface area contributed by atoms with Gasteiger partial charge in [-0.15, -0.1) is 0 Å². The Bertz CT molecular complexity index is 203. The van der Waals surface area contributed by atoms with Crippen molar-refractivity contribution in [1.82, 2.24) is 4.90 Å². The fourth-order valence-corrected chi connectivity index (χ4v) is 2.71. The summed E-state index contributed by atoms with van der Waals surface area (Å²) >= 11 is 1.80. The minimum atomic E-state index is 0.0114. The van der Waals surface area contributed by atoms with Gasteiger partial charge in [-0.05, 0) is 25.2 Å². The van der Waals surface area contributed by atoms with Crippen LogP contribution in [-0.4, -0.2) is 29.7 Å². The molecule has 1 unspecified atom stereocenters. The lowest BCUT2D eigenvalue weighted by molar-refractivity contribution is -0.0361. The molecule has 2 nitrogen and oxygen atoms in total. The van der Waals surface area contributed by atoms with E-state index in [9.17, 15) is 0 Å². The van der Waals surface area contributed by atoms with Crippen LogP contribution in [0.5, 0.6) is 0 Å². The lowest BCUT2D eigenvalue weighted by atomic mass is 10.1. The zero-order valence-corrected chi connectivity index (χ0v) is 9.68. The first kappa shape index (κ1) is 10.5. The van der Waals surface area contributed by atoms with Gasteiger partial charge in [0.15, 0.2) is 0 Å². The van der Waals surface area contributed by atoms with Crippen molar-refractivity contribution >= 4 is 11.8 Å². The van der Waals surface area contributed by atoms with E-state index < -0.39 is 0 Å². The van der Waals surface area contributed by atoms with Crippen LogP contribution in [0.4, 0.5) is 0 Å². The van der Waals surface area contributed by atoms with Gasteiger partial charge >= 0.3 is 0 Å². The van der Waals surface area contributed by atoms with Gasteiger partial charge in [0.25, 0.3) is 0 Å². The monoisotopic (exact) mass is 213 g/mol. The van der Waals surface area contributed by atoms with Gasteiger partial charge in [-0.1, -0.05) is 24.3 Å². The largest absolute Gasteiger partial charge is 0.349 e. The number of ether oxygens (including phenoxy) is 1. The molecule has 1 atom stereocenters. The number of hydrogen-bond donors (Lipinski definition) is 0. The zero-order valence-electron chi connectivity index (χ0n) is 8.87. The number of nitrogens with zero attached hydrogens (tertiary/aromatic N) is 1. The number of likely N-dealkylation sites (tertiary alicyclic amines) is 1. The van der Waals surface area contributed by atoms with Crippen molar-refractivity contribution in [1.29, 1.82) is 0 Å². The van der Waals surface area contributed by atoms with Crippen LogP contribution in [0.1, 0.15) is 32.6 Å². The number of rotatable bonds is 3. The van der Waals surface area contributed by atoms with E-state index in [-0.39, 0.29) is 4.93 Å². The third-order valence-corrected chi connectivity index (χ3v) is 4.01. The molecule has 0 aliphatic carbocycles. The van der Waals surface area contributed by atoms with Crippen LogP contribution in [0.2, 0.25) is 0 Å². The Balaban J connectivity index is 1.70. The van der Waals surface area contributed by atoms with Crippen LogP contribution in [0.3, 0.4) is 0 Å². The van der Waals surface area contributed by atoms with E-state index in [0.717, 1.165) is 13.2 Å². The minimum absolute atomic E-state index is 0.0114. The Morgan fingerprint density at radius 2 is 2.14 bits per heavy atom. The third kappa shape index (κ3) is 2.75. The van der Waals surface area contributed by atoms with E-state index >= 15 is 0 Å². The number of hydrogen-bond acceptors (Lipinski definition) is 3. The standard InChI is InChI=1S/C11H19NOS/c1-11(6-5-9-14-11)13-10-12-7-3-2-4-8-12/h5,9H,2-4,6-8,10H2,1H3. The average molecular weight is 213 g/mol. The quantitative estimate of drug-likeness (QED) is 0.715. The molecule has 80 valence electrons. The van der Waals surface area contributed by atoms with Gasteiger partial charge in [0.2, 0.25) is 0 Å². The summed E-state index contributed by atoms with van der Waals surface area (Å²) in [5, 5.41) is 2.15. The molecule has 0 bridgehead atoms. The van der Waals surface area contributed by atoms with Crippen molar-refractivity contribution < 1.29 is 4.74 Å². The summed E-state index contributed by atoms with van der Waals surface area (Å²) in [5.74, 6) is 0. The summed E-state index contributed by atoms with van der Waals surface area (Å²) in [6.07, 6.45) is 7.31. The fraction of sp³-hybridized carbons (Fsp3) is 0.818. The Morgan fingerprint density at radius 1 is 1.36 bits per heavy atom. The number of piperidine rings is 1. The number of thioether (sulfide) groups is 1. The molecule has 2 aliphatic rings. The van der Waals surface area contributed by atoms with Crippen LogP contribution in [-0.2, 0) is 4.74 Å². The lowest BCUT2D eigenvalue weighted by Gasteiger charge is -2.31. The van der Waals surface area contributed by atoms with Crippen LogP contribution < -0.4 is 0 Å². The van der Waals surface area contributed by atoms with Crippen molar-refractivity contribution in [2.75, 3.05) is 19.8 Å². The van der Waals surface area contributed by atoms with Crippen LogP contribution in [0, 0.1) is 0 Å². The molecule has 0 spiro atoms. The topological polar surface area (TPSA) is 12.5 Å². The highest BCUT2D eigenvalue weighted by molar-refractivity contribution is 8.03. The second-order valence-electron chi connectivity index (χ2n) is 4.28. The molecule has 1 saturated heterocycles. The van der Waals surface area contributed by atoms with Crippen molar-refractivity contribution in [2.45, 2.75) is 37.5 Å². The molecule has 0 aromatic heterocycles. The Morgan fingerprint density at radius 3 is 2.79 bits per heavy atom. The summed E-state index contributed by atoms with van der Waals surface area (Å²) in [6, 6.07) is 0. The van der Waals surface area contributed by atoms with E-state index in [2.05, 4.69) is 23.3 Å². The Kier molecular flexibility index (Phi) is 3.52. The second kappa shape index (κ2) is 4.69. The highest BCUT2D eigenvalue weighted by atomic mass is 32.2. The molecule has 0 aromatic rings. The normalized spacial score (nSPS) is 33.8. The summed E-state index contributed by atoms with van der Waals surface area (Å²) < 4.78 is 5.96. The van der Waals surface area contributed by atoms with E-state index in [4.69, 9.17) is 4.74 Å². The SMILES string of the molecule is CC1(OCN2CCCCC2)CC=CS1. The molecular formula is C11H19NOS. The fourth-order valence-electron chi connectivity index (χ4n) is 1.91. The highest BCUT2D eigenvalue weighted by Gasteiger charge is 2.27. The molecule has 0 amide bonds. The maximum Gasteiger partial charge on any atom is 0.120 e. The molecule has 2 rings (SSSR count). The van der Waals surface area contributed by atoms with Crippen LogP contribution in [0.25, 0.3) is 0 Å². The average Bonchev–Trinajstić information content (AvgIpc) is 2.65. The Labute approximate surface area is 90.7 Å². The molecule has 0 N–H and O–H groups in total. The molecule has 1 fully saturated rings. The third-order valence-electron chi connectivity index (χ3n) is 2.90. The maximum absolute atomic E-state index is 5.96. The van der Waals surface area contributed by atoms with Gasteiger partial charge in [0, 0.05) is 19.5 Å². The van der Waals surface area contributed by atoms with E-state index in [0.29, 0.717) is 0 Å². The molecule has 14 heavy (non-hydrogen) atoms. The lowest BCUT2D eigenvalue weighted by Crippen LogP contribution is -2.35. The molecular weight excluding hydrogens is 194 g/mol. The van der Waals surface area contributed by atoms with Crippen molar-refractivity contribution in [3.63, 3.8) is 0 Å². The molecule has 3 heteroatoms. The van der Waals surface area contributed by atoms with Crippen molar-refractivity contribution in [2.24, 2.45) is 0 Å². The first-order valence-electron chi connectivity index (χ1n) is 5.48. The maximum atomic E-state index is 5.96. The first-order chi connectivity index (χ1) is 6.79. The van der Waals surface area contributed by atoms with Gasteiger partial charge < -0.3 is 4.74 Å². The zero-order chi connectivity index (χ0) is 9.86. The Hall–Kier alpha value is 0.01000. The van der Waals surface area contributed by atoms with Crippen molar-refractivity contribution in [3.8, 4) is 0 Å². The van der Waals surface area contributed by atoms with Crippen LogP contribution in [0.15, 0.2) is 11.5 Å². The van der Waals surface area contributed by atoms with Gasteiger partial charge in [0.1, 0.15) is 11.7 Å². The molecule has 2 heterocycles. The van der Waals surface area contributed by atoms with E-state index in [1.165, 1.54) is 32.4 Å². The van der Waals surface area contributed by atoms with Crippen molar-refractivity contribution in [3.05, 3.63) is 11.5 Å². The summed E-state index contributed by atoms with van der Waals surface area (Å²) in [4.78, 5) is 2.44. The molecule has 0 aromatic carbocycles. The van der Waals surface area contributed by atoms with Gasteiger partial charge in [-0.3, -0.25) is 4.90 Å². The first-order valence-corrected chi connectivity index (χ1v) is 6.36. The van der Waals surface area contributed by atoms with E-state index in [1.807, 2.05) is 0 Å². The predicted octanol–water partition coefficient (Wildman–Crippen LogP) is 2.81. The summed E-state index contributed by atoms with van der Waals surface area (Å²) in [5.41, 5.74) is 0. The second-order valence-corrected chi connectivity index (χ2v) is 5.65. The molecule has 0 saturated carbocycles. The summed E-state index contributed by atoms with van der Waals surface area (Å²) in [6.45, 7) is 5.43. The van der Waals surface area contributed by atoms with E-state index in [1.54, 1.807) is 11.8 Å².